The van der Waals surface area contributed by atoms with Gasteiger partial charge in [-0.1, -0.05) is 132 Å². The first kappa shape index (κ1) is 57.6. The fourth-order valence-electron chi connectivity index (χ4n) is 5.91. The van der Waals surface area contributed by atoms with Gasteiger partial charge in [0.25, 0.3) is 0 Å². The minimum Gasteiger partial charge on any atom is -0.462 e. The third kappa shape index (κ3) is 41.0. The van der Waals surface area contributed by atoms with Crippen LogP contribution < -0.4 is 0 Å². The summed E-state index contributed by atoms with van der Waals surface area (Å²) in [7, 11) is 1.29. The highest BCUT2D eigenvalue weighted by molar-refractivity contribution is 7.47. The number of nitrogens with zero attached hydrogens (tertiary/aromatic N) is 1. The smallest absolute Gasteiger partial charge is 0.462 e. The largest absolute Gasteiger partial charge is 0.472 e. The molecule has 3 N–H and O–H groups in total. The lowest BCUT2D eigenvalue weighted by Gasteiger charge is -2.24. The Morgan fingerprint density at radius 1 is 0.583 bits per heavy atom. The van der Waals surface area contributed by atoms with Crippen molar-refractivity contribution in [1.82, 2.24) is 0 Å². The number of aliphatic hydroxyl groups is 2. The van der Waals surface area contributed by atoms with Gasteiger partial charge in [0.15, 0.2) is 6.10 Å². The Morgan fingerprint density at radius 3 is 1.62 bits per heavy atom. The van der Waals surface area contributed by atoms with Crippen molar-refractivity contribution in [2.45, 2.75) is 186 Å². The van der Waals surface area contributed by atoms with Crippen LogP contribution in [0.15, 0.2) is 60.8 Å². The number of phosphoric acid groups is 1. The summed E-state index contributed by atoms with van der Waals surface area (Å²) in [6.07, 6.45) is 40.0. The lowest BCUT2D eigenvalue weighted by Crippen LogP contribution is -2.37. The van der Waals surface area contributed by atoms with Crippen molar-refractivity contribution in [3.63, 3.8) is 0 Å². The number of hydrogen-bond acceptors (Lipinski definition) is 9. The van der Waals surface area contributed by atoms with E-state index >= 15 is 0 Å². The topological polar surface area (TPSA) is 149 Å². The molecule has 0 fully saturated rings. The Hall–Kier alpha value is -2.37. The Kier molecular flexibility index (Phi) is 37.9. The molecular formula is C48H87NO10P+. The van der Waals surface area contributed by atoms with Gasteiger partial charge in [-0.05, 0) is 83.5 Å². The molecule has 0 aliphatic rings. The van der Waals surface area contributed by atoms with Gasteiger partial charge in [-0.3, -0.25) is 18.6 Å². The number of quaternary nitrogens is 1. The number of rotatable bonds is 41. The van der Waals surface area contributed by atoms with Crippen molar-refractivity contribution in [2.24, 2.45) is 0 Å². The van der Waals surface area contributed by atoms with Gasteiger partial charge in [0.2, 0.25) is 0 Å². The summed E-state index contributed by atoms with van der Waals surface area (Å²) in [5.41, 5.74) is 0. The standard InChI is InChI=1S/C48H86NO10P/c1-6-8-10-12-14-16-18-20-21-22-23-24-26-28-30-32-34-38-47(52)56-42-44(43-58-60(54,55)57-41-40-49(3,4)5)59-48(53)39-35-37-46(51)45(50)36-33-31-29-27-25-19-17-15-13-11-9-7-2/h14-17,20-21,25,27,31,33,44-46,50-51H,6-13,18-19,22-24,26,28-30,32,34-43H2,1-5H3/p+1/b16-14-,17-15-,21-20-,27-25-,33-31-/t44-,45?,46?/m1/s1. The van der Waals surface area contributed by atoms with Gasteiger partial charge in [-0.25, -0.2) is 4.57 Å². The summed E-state index contributed by atoms with van der Waals surface area (Å²) in [6, 6.07) is 0. The normalized spacial score (nSPS) is 15.1. The number of ether oxygens (including phenoxy) is 2. The van der Waals surface area contributed by atoms with E-state index in [9.17, 15) is 29.3 Å². The molecule has 4 atom stereocenters. The summed E-state index contributed by atoms with van der Waals surface area (Å²) >= 11 is 0. The van der Waals surface area contributed by atoms with E-state index in [1.165, 1.54) is 64.2 Å². The molecule has 348 valence electrons. The quantitative estimate of drug-likeness (QED) is 0.0178. The van der Waals surface area contributed by atoms with Crippen LogP contribution in [0.2, 0.25) is 0 Å². The van der Waals surface area contributed by atoms with Crippen molar-refractivity contribution >= 4 is 19.8 Å². The lowest BCUT2D eigenvalue weighted by atomic mass is 10.0. The third-order valence-corrected chi connectivity index (χ3v) is 10.7. The van der Waals surface area contributed by atoms with Crippen LogP contribution >= 0.6 is 7.82 Å². The number of likely N-dealkylation sites (N-methyl/N-ethyl adjacent to an activating group) is 1. The molecule has 0 radical (unpaired) electrons. The van der Waals surface area contributed by atoms with Gasteiger partial charge < -0.3 is 29.1 Å². The Labute approximate surface area is 365 Å². The summed E-state index contributed by atoms with van der Waals surface area (Å²) in [5, 5.41) is 20.8. The van der Waals surface area contributed by atoms with Crippen LogP contribution in [-0.4, -0.2) is 97.3 Å². The highest BCUT2D eigenvalue weighted by Crippen LogP contribution is 2.43. The Morgan fingerprint density at radius 2 is 1.07 bits per heavy atom. The second-order valence-electron chi connectivity index (χ2n) is 16.7. The van der Waals surface area contributed by atoms with E-state index in [0.29, 0.717) is 17.4 Å². The maximum atomic E-state index is 12.7. The van der Waals surface area contributed by atoms with E-state index in [2.05, 4.69) is 62.5 Å². The second kappa shape index (κ2) is 39.5. The highest BCUT2D eigenvalue weighted by Gasteiger charge is 2.27. The van der Waals surface area contributed by atoms with Crippen LogP contribution in [0, 0.1) is 0 Å². The van der Waals surface area contributed by atoms with Crippen LogP contribution in [0.1, 0.15) is 168 Å². The van der Waals surface area contributed by atoms with Crippen molar-refractivity contribution < 1.29 is 52.3 Å². The van der Waals surface area contributed by atoms with Crippen molar-refractivity contribution in [1.29, 1.82) is 0 Å². The van der Waals surface area contributed by atoms with E-state index < -0.39 is 44.7 Å². The predicted molar refractivity (Wildman–Crippen MR) is 245 cm³/mol. The zero-order valence-corrected chi connectivity index (χ0v) is 39.3. The minimum atomic E-state index is -4.46. The van der Waals surface area contributed by atoms with Crippen LogP contribution in [0.5, 0.6) is 0 Å². The van der Waals surface area contributed by atoms with Crippen LogP contribution in [0.4, 0.5) is 0 Å². The van der Waals surface area contributed by atoms with Crippen LogP contribution in [0.25, 0.3) is 0 Å². The summed E-state index contributed by atoms with van der Waals surface area (Å²) in [4.78, 5) is 35.5. The fourth-order valence-corrected chi connectivity index (χ4v) is 6.65. The average Bonchev–Trinajstić information content (AvgIpc) is 3.19. The van der Waals surface area contributed by atoms with E-state index in [1.807, 2.05) is 33.3 Å². The van der Waals surface area contributed by atoms with Crippen molar-refractivity contribution in [3.05, 3.63) is 60.8 Å². The molecule has 0 aromatic heterocycles. The number of carbonyl (C=O) groups excluding carboxylic acids is 2. The first-order valence-electron chi connectivity index (χ1n) is 23.2. The molecule has 3 unspecified atom stereocenters. The summed E-state index contributed by atoms with van der Waals surface area (Å²) in [6.45, 7) is 4.01. The van der Waals surface area contributed by atoms with E-state index in [4.69, 9.17) is 18.5 Å². The van der Waals surface area contributed by atoms with Crippen LogP contribution in [0.3, 0.4) is 0 Å². The number of carbonyl (C=O) groups is 2. The average molecular weight is 869 g/mol. The molecule has 0 rings (SSSR count). The minimum absolute atomic E-state index is 0.0242. The Balaban J connectivity index is 4.59. The summed E-state index contributed by atoms with van der Waals surface area (Å²) in [5.74, 6) is -1.10. The zero-order chi connectivity index (χ0) is 44.6. The Bertz CT molecular complexity index is 1240. The van der Waals surface area contributed by atoms with Crippen LogP contribution in [-0.2, 0) is 32.7 Å². The van der Waals surface area contributed by atoms with Gasteiger partial charge in [-0.2, -0.15) is 0 Å². The third-order valence-electron chi connectivity index (χ3n) is 9.72. The lowest BCUT2D eigenvalue weighted by molar-refractivity contribution is -0.870. The molecule has 0 aromatic rings. The number of phosphoric ester groups is 1. The number of esters is 2. The fraction of sp³-hybridized carbons (Fsp3) is 0.750. The monoisotopic (exact) mass is 869 g/mol. The van der Waals surface area contributed by atoms with Crippen molar-refractivity contribution in [2.75, 3.05) is 47.5 Å². The molecule has 0 aliphatic heterocycles. The molecule has 0 aliphatic carbocycles. The molecule has 60 heavy (non-hydrogen) atoms. The van der Waals surface area contributed by atoms with Gasteiger partial charge >= 0.3 is 19.8 Å². The zero-order valence-electron chi connectivity index (χ0n) is 38.4. The SMILES string of the molecule is CCCCC/C=C\C/C=C\C/C=C\CC(O)C(O)CCCC(=O)O[C@H](COC(=O)CCCCCCCCC/C=C\C/C=C\CCCCC)COP(=O)(O)OCC[N+](C)(C)C. The van der Waals surface area contributed by atoms with Gasteiger partial charge in [0.05, 0.1) is 40.0 Å². The molecule has 0 heterocycles. The van der Waals surface area contributed by atoms with Gasteiger partial charge in [-0.15, -0.1) is 0 Å². The van der Waals surface area contributed by atoms with E-state index in [1.54, 1.807) is 0 Å². The summed E-state index contributed by atoms with van der Waals surface area (Å²) < 4.78 is 34.1. The molecule has 0 spiro atoms. The predicted octanol–water partition coefficient (Wildman–Crippen LogP) is 11.2. The maximum absolute atomic E-state index is 12.7. The first-order valence-corrected chi connectivity index (χ1v) is 24.7. The van der Waals surface area contributed by atoms with E-state index in [0.717, 1.165) is 51.4 Å². The van der Waals surface area contributed by atoms with Gasteiger partial charge in [0.1, 0.15) is 19.8 Å². The second-order valence-corrected chi connectivity index (χ2v) is 18.2. The molecule has 0 saturated heterocycles. The van der Waals surface area contributed by atoms with E-state index in [-0.39, 0.29) is 45.3 Å². The molecule has 12 heteroatoms. The van der Waals surface area contributed by atoms with Gasteiger partial charge in [0, 0.05) is 12.8 Å². The first-order chi connectivity index (χ1) is 28.8. The molecule has 0 amide bonds. The molecule has 0 bridgehead atoms. The number of allylic oxidation sites excluding steroid dienone is 9. The molecule has 0 aromatic carbocycles. The maximum Gasteiger partial charge on any atom is 0.472 e. The highest BCUT2D eigenvalue weighted by atomic mass is 31.2. The number of hydrogen-bond donors (Lipinski definition) is 3. The van der Waals surface area contributed by atoms with Crippen molar-refractivity contribution in [3.8, 4) is 0 Å². The molecular weight excluding hydrogens is 781 g/mol. The molecule has 0 saturated carbocycles. The number of unbranched alkanes of at least 4 members (excludes halogenated alkanes) is 13. The number of aliphatic hydroxyl groups excluding tert-OH is 2. The molecule has 11 nitrogen and oxygen atoms in total.